The maximum atomic E-state index is 12.2. The molecule has 2 rings (SSSR count). The molecule has 0 amide bonds. The molecule has 130 valence electrons. The van der Waals surface area contributed by atoms with Crippen LogP contribution in [0.1, 0.15) is 28.7 Å². The lowest BCUT2D eigenvalue weighted by Gasteiger charge is -2.04. The number of nitrogens with zero attached hydrogens (tertiary/aromatic N) is 2. The van der Waals surface area contributed by atoms with Crippen molar-refractivity contribution in [2.24, 2.45) is 0 Å². The topological polar surface area (TPSA) is 105 Å². The molecule has 9 heteroatoms. The highest BCUT2D eigenvalue weighted by Gasteiger charge is 2.09. The van der Waals surface area contributed by atoms with Crippen molar-refractivity contribution in [2.75, 3.05) is 18.6 Å². The number of sulfonamides is 1. The van der Waals surface area contributed by atoms with Gasteiger partial charge in [0.15, 0.2) is 5.78 Å². The Morgan fingerprint density at radius 3 is 2.58 bits per heavy atom. The predicted octanol–water partition coefficient (Wildman–Crippen LogP) is 1.43. The highest BCUT2D eigenvalue weighted by Crippen LogP contribution is 2.15. The van der Waals surface area contributed by atoms with E-state index in [0.717, 1.165) is 24.1 Å². The van der Waals surface area contributed by atoms with Crippen molar-refractivity contribution < 1.29 is 13.2 Å². The first-order chi connectivity index (χ1) is 11.4. The fourth-order valence-corrected chi connectivity index (χ4v) is 3.14. The van der Waals surface area contributed by atoms with Crippen molar-refractivity contribution in [1.82, 2.24) is 19.9 Å². The van der Waals surface area contributed by atoms with E-state index < -0.39 is 10.0 Å². The lowest BCUT2D eigenvalue weighted by atomic mass is 10.1. The van der Waals surface area contributed by atoms with Crippen LogP contribution in [0.25, 0.3) is 0 Å². The normalized spacial score (nSPS) is 11.6. The molecule has 1 aromatic heterocycles. The van der Waals surface area contributed by atoms with Crippen molar-refractivity contribution in [2.45, 2.75) is 24.9 Å². The van der Waals surface area contributed by atoms with E-state index in [-0.39, 0.29) is 11.5 Å². The standard InChI is InChI=1S/C15H20N4O3S2/c1-3-14-17-15(19-18-14)23-10-13(20)12-6-4-11(5-7-12)8-9-16-24(2,21)22/h4-7,16H,3,8-10H2,1-2H3,(H,17,18,19). The monoisotopic (exact) mass is 368 g/mol. The van der Waals surface area contributed by atoms with E-state index in [1.54, 1.807) is 12.1 Å². The average molecular weight is 368 g/mol. The van der Waals surface area contributed by atoms with Gasteiger partial charge in [0, 0.05) is 18.5 Å². The molecular formula is C15H20N4O3S2. The summed E-state index contributed by atoms with van der Waals surface area (Å²) in [7, 11) is -3.17. The summed E-state index contributed by atoms with van der Waals surface area (Å²) in [5.41, 5.74) is 1.59. The zero-order valence-corrected chi connectivity index (χ0v) is 15.2. The summed E-state index contributed by atoms with van der Waals surface area (Å²) < 4.78 is 24.4. The summed E-state index contributed by atoms with van der Waals surface area (Å²) >= 11 is 1.30. The van der Waals surface area contributed by atoms with Crippen LogP contribution in [0.5, 0.6) is 0 Å². The third-order valence-electron chi connectivity index (χ3n) is 3.23. The summed E-state index contributed by atoms with van der Waals surface area (Å²) in [5, 5.41) is 7.43. The fourth-order valence-electron chi connectivity index (χ4n) is 1.95. The zero-order valence-electron chi connectivity index (χ0n) is 13.6. The number of rotatable bonds is 9. The van der Waals surface area contributed by atoms with E-state index in [9.17, 15) is 13.2 Å². The molecule has 2 N–H and O–H groups in total. The predicted molar refractivity (Wildman–Crippen MR) is 93.8 cm³/mol. The van der Waals surface area contributed by atoms with Crippen LogP contribution in [0.2, 0.25) is 0 Å². The highest BCUT2D eigenvalue weighted by atomic mass is 32.2. The maximum absolute atomic E-state index is 12.2. The van der Waals surface area contributed by atoms with Crippen molar-refractivity contribution >= 4 is 27.6 Å². The molecule has 1 heterocycles. The number of carbonyl (C=O) groups is 1. The van der Waals surface area contributed by atoms with E-state index in [0.29, 0.717) is 23.7 Å². The van der Waals surface area contributed by atoms with Gasteiger partial charge in [0.1, 0.15) is 5.82 Å². The summed E-state index contributed by atoms with van der Waals surface area (Å²) in [5.74, 6) is 1.08. The van der Waals surface area contributed by atoms with Crippen molar-refractivity contribution in [1.29, 1.82) is 0 Å². The van der Waals surface area contributed by atoms with Crippen LogP contribution < -0.4 is 4.72 Å². The molecule has 0 saturated carbocycles. The molecule has 7 nitrogen and oxygen atoms in total. The fraction of sp³-hybridized carbons (Fsp3) is 0.400. The second-order valence-electron chi connectivity index (χ2n) is 5.24. The Morgan fingerprint density at radius 1 is 1.29 bits per heavy atom. The number of ketones is 1. The van der Waals surface area contributed by atoms with Gasteiger partial charge in [-0.05, 0) is 12.0 Å². The van der Waals surface area contributed by atoms with E-state index in [2.05, 4.69) is 19.9 Å². The third-order valence-corrected chi connectivity index (χ3v) is 4.81. The molecule has 1 aromatic carbocycles. The van der Waals surface area contributed by atoms with E-state index >= 15 is 0 Å². The number of thioether (sulfide) groups is 1. The van der Waals surface area contributed by atoms with Crippen LogP contribution in [0.3, 0.4) is 0 Å². The average Bonchev–Trinajstić information content (AvgIpc) is 3.00. The van der Waals surface area contributed by atoms with Gasteiger partial charge in [-0.3, -0.25) is 9.89 Å². The first kappa shape index (κ1) is 18.6. The summed E-state index contributed by atoms with van der Waals surface area (Å²) in [6, 6.07) is 7.19. The SMILES string of the molecule is CCc1nc(SCC(=O)c2ccc(CCNS(C)(=O)=O)cc2)n[nH]1. The largest absolute Gasteiger partial charge is 0.293 e. The molecule has 0 saturated heterocycles. The van der Waals surface area contributed by atoms with Crippen molar-refractivity contribution in [3.8, 4) is 0 Å². The number of aryl methyl sites for hydroxylation is 1. The minimum Gasteiger partial charge on any atom is -0.293 e. The molecule has 2 aromatic rings. The smallest absolute Gasteiger partial charge is 0.208 e. The summed E-state index contributed by atoms with van der Waals surface area (Å²) in [6.07, 6.45) is 2.48. The lowest BCUT2D eigenvalue weighted by Crippen LogP contribution is -2.24. The molecule has 0 radical (unpaired) electrons. The Morgan fingerprint density at radius 2 is 2.00 bits per heavy atom. The van der Waals surface area contributed by atoms with Crippen LogP contribution in [-0.2, 0) is 22.9 Å². The molecule has 0 aliphatic heterocycles. The number of aromatic amines is 1. The molecular weight excluding hydrogens is 348 g/mol. The van der Waals surface area contributed by atoms with Gasteiger partial charge >= 0.3 is 0 Å². The van der Waals surface area contributed by atoms with Gasteiger partial charge in [-0.25, -0.2) is 18.1 Å². The van der Waals surface area contributed by atoms with Crippen LogP contribution >= 0.6 is 11.8 Å². The van der Waals surface area contributed by atoms with Gasteiger partial charge in [0.05, 0.1) is 12.0 Å². The van der Waals surface area contributed by atoms with E-state index in [1.807, 2.05) is 19.1 Å². The van der Waals surface area contributed by atoms with E-state index in [4.69, 9.17) is 0 Å². The van der Waals surface area contributed by atoms with Crippen molar-refractivity contribution in [3.63, 3.8) is 0 Å². The number of carbonyl (C=O) groups excluding carboxylic acids is 1. The van der Waals surface area contributed by atoms with Gasteiger partial charge < -0.3 is 0 Å². The molecule has 0 atom stereocenters. The Bertz CT molecular complexity index is 785. The molecule has 0 spiro atoms. The first-order valence-electron chi connectivity index (χ1n) is 7.48. The number of benzene rings is 1. The molecule has 0 fully saturated rings. The number of Topliss-reactive ketones (excluding diaryl/α,β-unsaturated/α-hetero) is 1. The Labute approximate surface area is 145 Å². The van der Waals surface area contributed by atoms with Crippen LogP contribution in [0, 0.1) is 0 Å². The number of hydrogen-bond donors (Lipinski definition) is 2. The van der Waals surface area contributed by atoms with Crippen LogP contribution in [0.15, 0.2) is 29.4 Å². The number of H-pyrrole nitrogens is 1. The Hall–Kier alpha value is -1.71. The van der Waals surface area contributed by atoms with Crippen LogP contribution in [0.4, 0.5) is 0 Å². The molecule has 0 aliphatic rings. The molecule has 0 bridgehead atoms. The van der Waals surface area contributed by atoms with Gasteiger partial charge in [0.25, 0.3) is 0 Å². The van der Waals surface area contributed by atoms with Crippen molar-refractivity contribution in [3.05, 3.63) is 41.2 Å². The van der Waals surface area contributed by atoms with Gasteiger partial charge in [-0.15, -0.1) is 5.10 Å². The van der Waals surface area contributed by atoms with Gasteiger partial charge in [-0.1, -0.05) is 43.0 Å². The Balaban J connectivity index is 1.84. The summed E-state index contributed by atoms with van der Waals surface area (Å²) in [4.78, 5) is 16.4. The van der Waals surface area contributed by atoms with E-state index in [1.165, 1.54) is 11.8 Å². The minimum absolute atomic E-state index is 0.00339. The van der Waals surface area contributed by atoms with Gasteiger partial charge in [0.2, 0.25) is 15.2 Å². The number of nitrogens with one attached hydrogen (secondary N) is 2. The maximum Gasteiger partial charge on any atom is 0.208 e. The van der Waals surface area contributed by atoms with Gasteiger partial charge in [-0.2, -0.15) is 0 Å². The zero-order chi connectivity index (χ0) is 17.6. The van der Waals surface area contributed by atoms with Crippen LogP contribution in [-0.4, -0.2) is 47.9 Å². The Kier molecular flexibility index (Phi) is 6.52. The second kappa shape index (κ2) is 8.41. The first-order valence-corrected chi connectivity index (χ1v) is 10.4. The number of hydrogen-bond acceptors (Lipinski definition) is 6. The molecule has 24 heavy (non-hydrogen) atoms. The quantitative estimate of drug-likeness (QED) is 0.512. The second-order valence-corrected chi connectivity index (χ2v) is 8.02. The lowest BCUT2D eigenvalue weighted by molar-refractivity contribution is 0.102. The number of aromatic nitrogens is 3. The third kappa shape index (κ3) is 6.06. The summed E-state index contributed by atoms with van der Waals surface area (Å²) in [6.45, 7) is 2.32. The molecule has 0 aliphatic carbocycles. The highest BCUT2D eigenvalue weighted by molar-refractivity contribution is 7.99. The molecule has 0 unspecified atom stereocenters. The minimum atomic E-state index is -3.17.